The zero-order valence-electron chi connectivity index (χ0n) is 14.2. The summed E-state index contributed by atoms with van der Waals surface area (Å²) >= 11 is 0. The van der Waals surface area contributed by atoms with Crippen molar-refractivity contribution in [3.63, 3.8) is 0 Å². The Morgan fingerprint density at radius 2 is 1.83 bits per heavy atom. The molecular formula is C16H25FN2O3S. The number of para-hydroxylation sites is 1. The van der Waals surface area contributed by atoms with Gasteiger partial charge in [0.25, 0.3) is 0 Å². The van der Waals surface area contributed by atoms with Crippen LogP contribution in [0.25, 0.3) is 0 Å². The third-order valence-corrected chi connectivity index (χ3v) is 4.96. The minimum Gasteiger partial charge on any atom is -0.352 e. The summed E-state index contributed by atoms with van der Waals surface area (Å²) in [6, 6.07) is 4.44. The molecule has 130 valence electrons. The number of carbonyl (C=O) groups excluding carboxylic acids is 1. The maximum absolute atomic E-state index is 14.1. The largest absolute Gasteiger partial charge is 0.352 e. The first-order valence-corrected chi connectivity index (χ1v) is 9.48. The molecule has 0 aromatic heterocycles. The number of benzene rings is 1. The molecule has 0 saturated carbocycles. The quantitative estimate of drug-likeness (QED) is 0.826. The highest BCUT2D eigenvalue weighted by atomic mass is 32.2. The van der Waals surface area contributed by atoms with Gasteiger partial charge < -0.3 is 5.32 Å². The standard InChI is InChI=1S/C16H25FN2O3S/c1-6-14(16(20)18-12(4)11(2)3)19(23(5,21)22)15-10-8-7-9-13(15)17/h7-12,14H,6H2,1-5H3,(H,18,20)/t12-,14-/m1/s1. The van der Waals surface area contributed by atoms with Gasteiger partial charge in [0.1, 0.15) is 11.9 Å². The summed E-state index contributed by atoms with van der Waals surface area (Å²) in [6.07, 6.45) is 1.21. The fourth-order valence-electron chi connectivity index (χ4n) is 2.15. The van der Waals surface area contributed by atoms with Crippen molar-refractivity contribution in [3.05, 3.63) is 30.1 Å². The second-order valence-electron chi connectivity index (χ2n) is 5.98. The van der Waals surface area contributed by atoms with Crippen LogP contribution in [-0.2, 0) is 14.8 Å². The molecule has 0 aliphatic rings. The van der Waals surface area contributed by atoms with Crippen molar-refractivity contribution in [2.75, 3.05) is 10.6 Å². The average molecular weight is 344 g/mol. The van der Waals surface area contributed by atoms with Gasteiger partial charge >= 0.3 is 0 Å². The van der Waals surface area contributed by atoms with Crippen LogP contribution >= 0.6 is 0 Å². The highest BCUT2D eigenvalue weighted by Gasteiger charge is 2.33. The molecule has 7 heteroatoms. The first-order valence-electron chi connectivity index (χ1n) is 7.63. The Balaban J connectivity index is 3.25. The van der Waals surface area contributed by atoms with Gasteiger partial charge in [-0.2, -0.15) is 0 Å². The van der Waals surface area contributed by atoms with Crippen LogP contribution in [0.1, 0.15) is 34.1 Å². The predicted molar refractivity (Wildman–Crippen MR) is 90.2 cm³/mol. The van der Waals surface area contributed by atoms with E-state index in [4.69, 9.17) is 0 Å². The summed E-state index contributed by atoms with van der Waals surface area (Å²) in [5, 5.41) is 2.80. The number of nitrogens with zero attached hydrogens (tertiary/aromatic N) is 1. The Hall–Kier alpha value is -1.63. The minimum absolute atomic E-state index is 0.112. The number of nitrogens with one attached hydrogen (secondary N) is 1. The van der Waals surface area contributed by atoms with Crippen LogP contribution in [0.3, 0.4) is 0 Å². The van der Waals surface area contributed by atoms with Crippen LogP contribution in [0.4, 0.5) is 10.1 Å². The van der Waals surface area contributed by atoms with Crippen molar-refractivity contribution in [2.45, 2.75) is 46.2 Å². The first kappa shape index (κ1) is 19.4. The summed E-state index contributed by atoms with van der Waals surface area (Å²) in [5.41, 5.74) is -0.116. The molecule has 0 aliphatic carbocycles. The Morgan fingerprint density at radius 1 is 1.26 bits per heavy atom. The molecule has 2 atom stereocenters. The molecule has 1 N–H and O–H groups in total. The van der Waals surface area contributed by atoms with Gasteiger partial charge in [0.2, 0.25) is 15.9 Å². The van der Waals surface area contributed by atoms with Crippen LogP contribution in [0.2, 0.25) is 0 Å². The van der Waals surface area contributed by atoms with Gasteiger partial charge in [-0.3, -0.25) is 9.10 Å². The SMILES string of the molecule is CC[C@H](C(=O)N[C@H](C)C(C)C)N(c1ccccc1F)S(C)(=O)=O. The third kappa shape index (κ3) is 4.92. The number of sulfonamides is 1. The molecule has 0 unspecified atom stereocenters. The van der Waals surface area contributed by atoms with Gasteiger partial charge in [-0.25, -0.2) is 12.8 Å². The second-order valence-corrected chi connectivity index (χ2v) is 7.83. The average Bonchev–Trinajstić information content (AvgIpc) is 2.44. The van der Waals surface area contributed by atoms with E-state index in [9.17, 15) is 17.6 Å². The Bertz CT molecular complexity index is 646. The molecule has 0 heterocycles. The summed E-state index contributed by atoms with van der Waals surface area (Å²) in [4.78, 5) is 12.5. The predicted octanol–water partition coefficient (Wildman–Crippen LogP) is 2.53. The van der Waals surface area contributed by atoms with Crippen molar-refractivity contribution in [3.8, 4) is 0 Å². The van der Waals surface area contributed by atoms with E-state index in [0.29, 0.717) is 0 Å². The van der Waals surface area contributed by atoms with Gasteiger partial charge in [-0.15, -0.1) is 0 Å². The molecule has 5 nitrogen and oxygen atoms in total. The number of anilines is 1. The van der Waals surface area contributed by atoms with Crippen molar-refractivity contribution < 1.29 is 17.6 Å². The topological polar surface area (TPSA) is 66.5 Å². The van der Waals surface area contributed by atoms with Gasteiger partial charge in [0, 0.05) is 6.04 Å². The van der Waals surface area contributed by atoms with E-state index in [0.717, 1.165) is 10.6 Å². The number of rotatable bonds is 7. The highest BCUT2D eigenvalue weighted by Crippen LogP contribution is 2.25. The lowest BCUT2D eigenvalue weighted by atomic mass is 10.1. The molecule has 1 rings (SSSR count). The van der Waals surface area contributed by atoms with Gasteiger partial charge in [-0.1, -0.05) is 32.9 Å². The van der Waals surface area contributed by atoms with Gasteiger partial charge in [0.05, 0.1) is 11.9 Å². The molecule has 23 heavy (non-hydrogen) atoms. The maximum atomic E-state index is 14.1. The minimum atomic E-state index is -3.82. The number of amides is 1. The number of carbonyl (C=O) groups is 1. The van der Waals surface area contributed by atoms with Crippen LogP contribution < -0.4 is 9.62 Å². The summed E-state index contributed by atoms with van der Waals surface area (Å²) in [5.74, 6) is -0.903. The maximum Gasteiger partial charge on any atom is 0.244 e. The van der Waals surface area contributed by atoms with E-state index >= 15 is 0 Å². The fraction of sp³-hybridized carbons (Fsp3) is 0.562. The molecule has 0 aliphatic heterocycles. The molecule has 1 aromatic rings. The summed E-state index contributed by atoms with van der Waals surface area (Å²) < 4.78 is 39.3. The van der Waals surface area contributed by atoms with Gasteiger partial charge in [-0.05, 0) is 31.4 Å². The molecule has 0 radical (unpaired) electrons. The van der Waals surface area contributed by atoms with Crippen molar-refractivity contribution in [1.29, 1.82) is 0 Å². The molecule has 0 saturated heterocycles. The zero-order valence-corrected chi connectivity index (χ0v) is 15.0. The number of hydrogen-bond acceptors (Lipinski definition) is 3. The van der Waals surface area contributed by atoms with E-state index in [2.05, 4.69) is 5.32 Å². The van der Waals surface area contributed by atoms with Crippen molar-refractivity contribution in [2.24, 2.45) is 5.92 Å². The van der Waals surface area contributed by atoms with Crippen molar-refractivity contribution in [1.82, 2.24) is 5.32 Å². The lowest BCUT2D eigenvalue weighted by molar-refractivity contribution is -0.123. The lowest BCUT2D eigenvalue weighted by Gasteiger charge is -2.31. The highest BCUT2D eigenvalue weighted by molar-refractivity contribution is 7.92. The summed E-state index contributed by atoms with van der Waals surface area (Å²) in [6.45, 7) is 7.46. The molecule has 1 amide bonds. The molecule has 1 aromatic carbocycles. The molecular weight excluding hydrogens is 319 g/mol. The van der Waals surface area contributed by atoms with E-state index < -0.39 is 27.8 Å². The summed E-state index contributed by atoms with van der Waals surface area (Å²) in [7, 11) is -3.82. The Kier molecular flexibility index (Phi) is 6.56. The Morgan fingerprint density at radius 3 is 2.26 bits per heavy atom. The van der Waals surface area contributed by atoms with E-state index in [1.165, 1.54) is 24.3 Å². The van der Waals surface area contributed by atoms with Crippen LogP contribution in [0.15, 0.2) is 24.3 Å². The molecule has 0 spiro atoms. The third-order valence-electron chi connectivity index (χ3n) is 3.79. The normalized spacial score (nSPS) is 14.4. The first-order chi connectivity index (χ1) is 10.6. The molecule has 0 bridgehead atoms. The zero-order chi connectivity index (χ0) is 17.8. The second kappa shape index (κ2) is 7.77. The number of halogens is 1. The van der Waals surface area contributed by atoms with Crippen LogP contribution in [-0.4, -0.2) is 32.7 Å². The fourth-order valence-corrected chi connectivity index (χ4v) is 3.37. The van der Waals surface area contributed by atoms with Crippen LogP contribution in [0, 0.1) is 11.7 Å². The van der Waals surface area contributed by atoms with E-state index in [1.807, 2.05) is 20.8 Å². The van der Waals surface area contributed by atoms with Crippen molar-refractivity contribution >= 4 is 21.6 Å². The monoisotopic (exact) mass is 344 g/mol. The van der Waals surface area contributed by atoms with E-state index in [-0.39, 0.29) is 24.1 Å². The smallest absolute Gasteiger partial charge is 0.244 e. The van der Waals surface area contributed by atoms with Gasteiger partial charge in [0.15, 0.2) is 0 Å². The van der Waals surface area contributed by atoms with E-state index in [1.54, 1.807) is 6.92 Å². The molecule has 0 fully saturated rings. The lowest BCUT2D eigenvalue weighted by Crippen LogP contribution is -2.52. The number of hydrogen-bond donors (Lipinski definition) is 1. The Labute approximate surface area is 137 Å². The van der Waals surface area contributed by atoms with Crippen LogP contribution in [0.5, 0.6) is 0 Å².